The van der Waals surface area contributed by atoms with Crippen molar-refractivity contribution in [3.05, 3.63) is 54.1 Å². The summed E-state index contributed by atoms with van der Waals surface area (Å²) < 4.78 is 60.4. The van der Waals surface area contributed by atoms with E-state index in [1.54, 1.807) is 24.3 Å². The minimum atomic E-state index is -3.68. The third-order valence-corrected chi connectivity index (χ3v) is 5.12. The van der Waals surface area contributed by atoms with Crippen LogP contribution in [-0.2, 0) is 16.6 Å². The van der Waals surface area contributed by atoms with Gasteiger partial charge in [0.2, 0.25) is 10.0 Å². The molecule has 0 atom stereocenters. The van der Waals surface area contributed by atoms with Gasteiger partial charge in [-0.3, -0.25) is 0 Å². The molecule has 0 aliphatic rings. The highest BCUT2D eigenvalue weighted by Gasteiger charge is 2.21. The van der Waals surface area contributed by atoms with E-state index < -0.39 is 16.6 Å². The van der Waals surface area contributed by atoms with Crippen LogP contribution < -0.4 is 9.47 Å². The zero-order valence-corrected chi connectivity index (χ0v) is 14.0. The fourth-order valence-corrected chi connectivity index (χ4v) is 3.30. The van der Waals surface area contributed by atoms with Crippen LogP contribution in [0.15, 0.2) is 53.4 Å². The summed E-state index contributed by atoms with van der Waals surface area (Å²) in [4.78, 5) is 0.157. The molecule has 0 saturated heterocycles. The molecule has 2 rings (SSSR count). The second-order valence-electron chi connectivity index (χ2n) is 4.94. The molecule has 8 heteroatoms. The summed E-state index contributed by atoms with van der Waals surface area (Å²) in [5.74, 6) is 0.00290. The summed E-state index contributed by atoms with van der Waals surface area (Å²) in [5, 5.41) is 0. The average molecular weight is 357 g/mol. The Hall–Kier alpha value is -2.19. The van der Waals surface area contributed by atoms with Gasteiger partial charge in [-0.15, -0.1) is 0 Å². The molecular weight excluding hydrogens is 340 g/mol. The van der Waals surface area contributed by atoms with Crippen molar-refractivity contribution in [2.45, 2.75) is 18.1 Å². The maximum atomic E-state index is 12.5. The van der Waals surface area contributed by atoms with E-state index in [-0.39, 0.29) is 22.9 Å². The molecular formula is C16H17F2NO4S. The molecule has 0 aliphatic carbocycles. The van der Waals surface area contributed by atoms with Gasteiger partial charge in [0.05, 0.1) is 12.0 Å². The van der Waals surface area contributed by atoms with Crippen LogP contribution >= 0.6 is 0 Å². The first kappa shape index (κ1) is 18.2. The lowest BCUT2D eigenvalue weighted by atomic mass is 10.2. The van der Waals surface area contributed by atoms with Crippen LogP contribution in [0.4, 0.5) is 8.78 Å². The second-order valence-corrected chi connectivity index (χ2v) is 6.98. The highest BCUT2D eigenvalue weighted by Crippen LogP contribution is 2.30. The van der Waals surface area contributed by atoms with Gasteiger partial charge in [0.15, 0.2) is 11.5 Å². The molecule has 0 heterocycles. The van der Waals surface area contributed by atoms with E-state index in [2.05, 4.69) is 4.74 Å². The molecule has 2 aromatic carbocycles. The number of alkyl halides is 2. The maximum absolute atomic E-state index is 12.5. The van der Waals surface area contributed by atoms with E-state index in [1.807, 2.05) is 0 Å². The number of nitrogens with zero attached hydrogens (tertiary/aromatic N) is 1. The normalized spacial score (nSPS) is 11.8. The van der Waals surface area contributed by atoms with Gasteiger partial charge in [0.25, 0.3) is 0 Å². The van der Waals surface area contributed by atoms with Crippen molar-refractivity contribution in [3.8, 4) is 11.5 Å². The smallest absolute Gasteiger partial charge is 0.387 e. The molecule has 0 N–H and O–H groups in total. The Morgan fingerprint density at radius 1 is 1.08 bits per heavy atom. The molecule has 0 unspecified atom stereocenters. The molecule has 130 valence electrons. The van der Waals surface area contributed by atoms with Crippen molar-refractivity contribution in [2.24, 2.45) is 0 Å². The van der Waals surface area contributed by atoms with Crippen LogP contribution in [0.5, 0.6) is 11.5 Å². The summed E-state index contributed by atoms with van der Waals surface area (Å²) in [6.45, 7) is -3.00. The Kier molecular flexibility index (Phi) is 5.74. The zero-order chi connectivity index (χ0) is 17.7. The van der Waals surface area contributed by atoms with E-state index in [1.165, 1.54) is 38.4 Å². The van der Waals surface area contributed by atoms with E-state index in [0.717, 1.165) is 4.31 Å². The molecule has 0 radical (unpaired) electrons. The standard InChI is InChI=1S/C16H17F2NO4S/c1-19(24(20,21)13-6-4-3-5-7-13)11-12-8-9-14(22-2)15(10-12)23-16(17)18/h3-10,16H,11H2,1-2H3. The van der Waals surface area contributed by atoms with Gasteiger partial charge in [0.1, 0.15) is 0 Å². The number of hydrogen-bond donors (Lipinski definition) is 0. The Labute approximate surface area is 139 Å². The fraction of sp³-hybridized carbons (Fsp3) is 0.250. The first-order valence-electron chi connectivity index (χ1n) is 6.97. The first-order chi connectivity index (χ1) is 11.3. The van der Waals surface area contributed by atoms with Crippen molar-refractivity contribution in [2.75, 3.05) is 14.2 Å². The van der Waals surface area contributed by atoms with Gasteiger partial charge in [-0.2, -0.15) is 13.1 Å². The van der Waals surface area contributed by atoms with Gasteiger partial charge >= 0.3 is 6.61 Å². The van der Waals surface area contributed by atoms with Crippen LogP contribution in [0.3, 0.4) is 0 Å². The Morgan fingerprint density at radius 3 is 2.33 bits per heavy atom. The highest BCUT2D eigenvalue weighted by molar-refractivity contribution is 7.89. The van der Waals surface area contributed by atoms with Gasteiger partial charge in [0, 0.05) is 13.6 Å². The van der Waals surface area contributed by atoms with E-state index >= 15 is 0 Å². The quantitative estimate of drug-likeness (QED) is 0.764. The molecule has 0 fully saturated rings. The predicted octanol–water partition coefficient (Wildman–Crippen LogP) is 3.12. The molecule has 24 heavy (non-hydrogen) atoms. The third-order valence-electron chi connectivity index (χ3n) is 3.30. The maximum Gasteiger partial charge on any atom is 0.387 e. The van der Waals surface area contributed by atoms with Gasteiger partial charge in [-0.1, -0.05) is 24.3 Å². The lowest BCUT2D eigenvalue weighted by molar-refractivity contribution is -0.0512. The van der Waals surface area contributed by atoms with Gasteiger partial charge in [-0.05, 0) is 29.8 Å². The summed E-state index contributed by atoms with van der Waals surface area (Å²) in [5.41, 5.74) is 0.494. The first-order valence-corrected chi connectivity index (χ1v) is 8.41. The van der Waals surface area contributed by atoms with Crippen molar-refractivity contribution in [1.82, 2.24) is 4.31 Å². The van der Waals surface area contributed by atoms with Gasteiger partial charge < -0.3 is 9.47 Å². The van der Waals surface area contributed by atoms with Crippen LogP contribution in [0.2, 0.25) is 0 Å². The number of benzene rings is 2. The second kappa shape index (κ2) is 7.59. The molecule has 5 nitrogen and oxygen atoms in total. The van der Waals surface area contributed by atoms with Gasteiger partial charge in [-0.25, -0.2) is 8.42 Å². The largest absolute Gasteiger partial charge is 0.493 e. The Morgan fingerprint density at radius 2 is 1.75 bits per heavy atom. The van der Waals surface area contributed by atoms with Crippen molar-refractivity contribution in [3.63, 3.8) is 0 Å². The number of hydrogen-bond acceptors (Lipinski definition) is 4. The molecule has 0 spiro atoms. The molecule has 0 saturated carbocycles. The number of halogens is 2. The lowest BCUT2D eigenvalue weighted by Crippen LogP contribution is -2.26. The van der Waals surface area contributed by atoms with Crippen LogP contribution in [0, 0.1) is 0 Å². The summed E-state index contributed by atoms with van der Waals surface area (Å²) in [6.07, 6.45) is 0. The molecule has 0 bridgehead atoms. The fourth-order valence-electron chi connectivity index (χ4n) is 2.12. The minimum absolute atomic E-state index is 0.000813. The average Bonchev–Trinajstić information content (AvgIpc) is 2.55. The zero-order valence-electron chi connectivity index (χ0n) is 13.1. The van der Waals surface area contributed by atoms with E-state index in [0.29, 0.717) is 5.56 Å². The summed E-state index contributed by atoms with van der Waals surface area (Å²) >= 11 is 0. The topological polar surface area (TPSA) is 55.8 Å². The molecule has 2 aromatic rings. The molecule has 0 amide bonds. The van der Waals surface area contributed by atoms with Crippen molar-refractivity contribution >= 4 is 10.0 Å². The number of sulfonamides is 1. The monoisotopic (exact) mass is 357 g/mol. The van der Waals surface area contributed by atoms with Crippen molar-refractivity contribution in [1.29, 1.82) is 0 Å². The summed E-state index contributed by atoms with van der Waals surface area (Å²) in [6, 6.07) is 12.3. The lowest BCUT2D eigenvalue weighted by Gasteiger charge is -2.18. The Balaban J connectivity index is 2.24. The SMILES string of the molecule is COc1ccc(CN(C)S(=O)(=O)c2ccccc2)cc1OC(F)F. The van der Waals surface area contributed by atoms with Crippen LogP contribution in [-0.4, -0.2) is 33.5 Å². The molecule has 0 aromatic heterocycles. The number of rotatable bonds is 7. The Bertz CT molecular complexity index is 782. The summed E-state index contributed by atoms with van der Waals surface area (Å²) in [7, 11) is -0.926. The van der Waals surface area contributed by atoms with E-state index in [9.17, 15) is 17.2 Å². The predicted molar refractivity (Wildman–Crippen MR) is 84.7 cm³/mol. The molecule has 0 aliphatic heterocycles. The highest BCUT2D eigenvalue weighted by atomic mass is 32.2. The van der Waals surface area contributed by atoms with Crippen molar-refractivity contribution < 1.29 is 26.7 Å². The van der Waals surface area contributed by atoms with E-state index in [4.69, 9.17) is 4.74 Å². The number of methoxy groups -OCH3 is 1. The third kappa shape index (κ3) is 4.21. The van der Waals surface area contributed by atoms with Crippen LogP contribution in [0.1, 0.15) is 5.56 Å². The van der Waals surface area contributed by atoms with Crippen LogP contribution in [0.25, 0.3) is 0 Å². The minimum Gasteiger partial charge on any atom is -0.493 e. The number of ether oxygens (including phenoxy) is 2.